The van der Waals surface area contributed by atoms with E-state index in [0.717, 1.165) is 5.69 Å². The monoisotopic (exact) mass is 242 g/mol. The Balaban J connectivity index is 2.51. The van der Waals surface area contributed by atoms with Crippen LogP contribution in [0.1, 0.15) is 19.4 Å². The summed E-state index contributed by atoms with van der Waals surface area (Å²) >= 11 is 0. The molecule has 0 fully saturated rings. The average Bonchev–Trinajstić information content (AvgIpc) is 2.66. The normalized spacial score (nSPS) is 10.3. The van der Waals surface area contributed by atoms with Crippen LogP contribution >= 0.6 is 0 Å². The molecule has 0 saturated carbocycles. The van der Waals surface area contributed by atoms with Crippen LogP contribution in [-0.2, 0) is 0 Å². The quantitative estimate of drug-likeness (QED) is 0.851. The summed E-state index contributed by atoms with van der Waals surface area (Å²) in [7, 11) is 0. The Morgan fingerprint density at radius 3 is 2.61 bits per heavy atom. The van der Waals surface area contributed by atoms with Crippen LogP contribution in [0.2, 0.25) is 0 Å². The van der Waals surface area contributed by atoms with E-state index in [1.165, 1.54) is 4.68 Å². The van der Waals surface area contributed by atoms with Gasteiger partial charge in [-0.1, -0.05) is 0 Å². The van der Waals surface area contributed by atoms with Gasteiger partial charge in [0.05, 0.1) is 5.69 Å². The zero-order valence-electron chi connectivity index (χ0n) is 10.3. The lowest BCUT2D eigenvalue weighted by Crippen LogP contribution is -2.11. The number of hydrogen-bond donors (Lipinski definition) is 2. The number of nitrogen functional groups attached to an aromatic ring is 1. The first-order valence-corrected chi connectivity index (χ1v) is 5.59. The van der Waals surface area contributed by atoms with Crippen LogP contribution in [0.3, 0.4) is 0 Å². The van der Waals surface area contributed by atoms with Crippen molar-refractivity contribution >= 4 is 11.6 Å². The molecule has 3 N–H and O–H groups in total. The van der Waals surface area contributed by atoms with Crippen LogP contribution in [0.25, 0.3) is 5.69 Å². The van der Waals surface area contributed by atoms with Gasteiger partial charge in [-0.3, -0.25) is 4.98 Å². The lowest BCUT2D eigenvalue weighted by molar-refractivity contribution is 0.849. The maximum atomic E-state index is 9.14. The molecule has 0 aromatic carbocycles. The maximum absolute atomic E-state index is 9.14. The van der Waals surface area contributed by atoms with Gasteiger partial charge in [-0.25, -0.2) is 4.68 Å². The van der Waals surface area contributed by atoms with Crippen molar-refractivity contribution in [2.24, 2.45) is 0 Å². The molecule has 0 aliphatic carbocycles. The SMILES string of the molecule is CC(C)Nc1nn(-c2ccncc2)c(N)c1C#N. The third-order valence-electron chi connectivity index (χ3n) is 2.37. The summed E-state index contributed by atoms with van der Waals surface area (Å²) in [6.45, 7) is 3.95. The summed E-state index contributed by atoms with van der Waals surface area (Å²) in [5.74, 6) is 0.827. The van der Waals surface area contributed by atoms with Gasteiger partial charge in [0.2, 0.25) is 0 Å². The van der Waals surface area contributed by atoms with E-state index >= 15 is 0 Å². The second kappa shape index (κ2) is 4.75. The van der Waals surface area contributed by atoms with E-state index in [-0.39, 0.29) is 6.04 Å². The Bertz CT molecular complexity index is 579. The van der Waals surface area contributed by atoms with E-state index in [2.05, 4.69) is 21.5 Å². The molecule has 0 aliphatic heterocycles. The van der Waals surface area contributed by atoms with E-state index in [1.54, 1.807) is 24.5 Å². The van der Waals surface area contributed by atoms with Crippen LogP contribution in [0, 0.1) is 11.3 Å². The molecule has 0 amide bonds. The number of aromatic nitrogens is 3. The number of hydrogen-bond acceptors (Lipinski definition) is 5. The molecular formula is C12H14N6. The molecule has 92 valence electrons. The third kappa shape index (κ3) is 2.11. The number of nitrogens with one attached hydrogen (secondary N) is 1. The second-order valence-corrected chi connectivity index (χ2v) is 4.14. The predicted molar refractivity (Wildman–Crippen MR) is 69.2 cm³/mol. The largest absolute Gasteiger partial charge is 0.382 e. The lowest BCUT2D eigenvalue weighted by Gasteiger charge is -2.05. The van der Waals surface area contributed by atoms with Crippen molar-refractivity contribution in [1.29, 1.82) is 5.26 Å². The molecular weight excluding hydrogens is 228 g/mol. The standard InChI is InChI=1S/C12H14N6/c1-8(2)16-12-10(7-13)11(14)18(17-12)9-3-5-15-6-4-9/h3-6,8H,14H2,1-2H3,(H,16,17). The van der Waals surface area contributed by atoms with Gasteiger partial charge in [0, 0.05) is 18.4 Å². The molecule has 2 aromatic rings. The van der Waals surface area contributed by atoms with E-state index in [4.69, 9.17) is 11.0 Å². The highest BCUT2D eigenvalue weighted by molar-refractivity contribution is 5.66. The molecule has 6 nitrogen and oxygen atoms in total. The number of nitrogens with two attached hydrogens (primary N) is 1. The summed E-state index contributed by atoms with van der Waals surface area (Å²) in [4.78, 5) is 3.94. The topological polar surface area (TPSA) is 92.6 Å². The minimum absolute atomic E-state index is 0.178. The highest BCUT2D eigenvalue weighted by Gasteiger charge is 2.16. The second-order valence-electron chi connectivity index (χ2n) is 4.14. The molecule has 6 heteroatoms. The first-order valence-electron chi connectivity index (χ1n) is 5.59. The van der Waals surface area contributed by atoms with E-state index < -0.39 is 0 Å². The van der Waals surface area contributed by atoms with Crippen molar-refractivity contribution < 1.29 is 0 Å². The number of nitriles is 1. The van der Waals surface area contributed by atoms with Gasteiger partial charge in [-0.15, -0.1) is 5.10 Å². The third-order valence-corrected chi connectivity index (χ3v) is 2.37. The summed E-state index contributed by atoms with van der Waals surface area (Å²) < 4.78 is 1.53. The predicted octanol–water partition coefficient (Wildman–Crippen LogP) is 1.54. The van der Waals surface area contributed by atoms with Gasteiger partial charge in [0.15, 0.2) is 5.82 Å². The van der Waals surface area contributed by atoms with Gasteiger partial charge in [-0.2, -0.15) is 5.26 Å². The van der Waals surface area contributed by atoms with Crippen LogP contribution in [-0.4, -0.2) is 20.8 Å². The van der Waals surface area contributed by atoms with Crippen LogP contribution in [0.15, 0.2) is 24.5 Å². The molecule has 0 aliphatic rings. The van der Waals surface area contributed by atoms with Gasteiger partial charge >= 0.3 is 0 Å². The minimum atomic E-state index is 0.178. The first kappa shape index (κ1) is 11.9. The Labute approximate surface area is 105 Å². The Morgan fingerprint density at radius 1 is 1.39 bits per heavy atom. The highest BCUT2D eigenvalue weighted by Crippen LogP contribution is 2.24. The number of nitrogens with zero attached hydrogens (tertiary/aromatic N) is 4. The molecule has 0 saturated heterocycles. The Morgan fingerprint density at radius 2 is 2.06 bits per heavy atom. The molecule has 0 radical (unpaired) electrons. The molecule has 18 heavy (non-hydrogen) atoms. The molecule has 2 aromatic heterocycles. The fourth-order valence-electron chi connectivity index (χ4n) is 1.60. The summed E-state index contributed by atoms with van der Waals surface area (Å²) in [5, 5.41) is 16.6. The smallest absolute Gasteiger partial charge is 0.168 e. The minimum Gasteiger partial charge on any atom is -0.382 e. The maximum Gasteiger partial charge on any atom is 0.168 e. The van der Waals surface area contributed by atoms with Crippen LogP contribution < -0.4 is 11.1 Å². The zero-order valence-corrected chi connectivity index (χ0v) is 10.3. The number of anilines is 2. The molecule has 0 bridgehead atoms. The van der Waals surface area contributed by atoms with Crippen molar-refractivity contribution in [1.82, 2.24) is 14.8 Å². The molecule has 0 spiro atoms. The highest BCUT2D eigenvalue weighted by atomic mass is 15.3. The molecule has 0 atom stereocenters. The Hall–Kier alpha value is -2.55. The summed E-state index contributed by atoms with van der Waals surface area (Å²) in [6.07, 6.45) is 3.30. The van der Waals surface area contributed by atoms with Gasteiger partial charge in [0.25, 0.3) is 0 Å². The van der Waals surface area contributed by atoms with E-state index in [0.29, 0.717) is 17.2 Å². The first-order chi connectivity index (χ1) is 8.63. The lowest BCUT2D eigenvalue weighted by atomic mass is 10.3. The van der Waals surface area contributed by atoms with Gasteiger partial charge < -0.3 is 11.1 Å². The number of rotatable bonds is 3. The van der Waals surface area contributed by atoms with E-state index in [9.17, 15) is 0 Å². The van der Waals surface area contributed by atoms with Crippen LogP contribution in [0.5, 0.6) is 0 Å². The van der Waals surface area contributed by atoms with Crippen LogP contribution in [0.4, 0.5) is 11.6 Å². The van der Waals surface area contributed by atoms with E-state index in [1.807, 2.05) is 13.8 Å². The van der Waals surface area contributed by atoms with Crippen molar-refractivity contribution in [3.8, 4) is 11.8 Å². The molecule has 0 unspecified atom stereocenters. The van der Waals surface area contributed by atoms with Crippen molar-refractivity contribution in [3.63, 3.8) is 0 Å². The fourth-order valence-corrected chi connectivity index (χ4v) is 1.60. The van der Waals surface area contributed by atoms with Gasteiger partial charge in [-0.05, 0) is 26.0 Å². The van der Waals surface area contributed by atoms with Gasteiger partial charge in [0.1, 0.15) is 17.5 Å². The number of pyridine rings is 1. The summed E-state index contributed by atoms with van der Waals surface area (Å²) in [5.41, 5.74) is 7.08. The van der Waals surface area contributed by atoms with Crippen molar-refractivity contribution in [2.75, 3.05) is 11.1 Å². The fraction of sp³-hybridized carbons (Fsp3) is 0.250. The summed E-state index contributed by atoms with van der Waals surface area (Å²) in [6, 6.07) is 5.81. The molecule has 2 heterocycles. The van der Waals surface area contributed by atoms with Crippen molar-refractivity contribution in [3.05, 3.63) is 30.1 Å². The average molecular weight is 242 g/mol. The Kier molecular flexibility index (Phi) is 3.15. The molecule has 2 rings (SSSR count). The zero-order chi connectivity index (χ0) is 13.1. The van der Waals surface area contributed by atoms with Crippen molar-refractivity contribution in [2.45, 2.75) is 19.9 Å².